The zero-order valence-corrected chi connectivity index (χ0v) is 10.8. The second-order valence-electron chi connectivity index (χ2n) is 4.03. The molecule has 0 bridgehead atoms. The molecule has 94 valence electrons. The number of halogens is 1. The Balaban J connectivity index is 2.36. The number of nitrogens with zero attached hydrogens (tertiary/aromatic N) is 2. The van der Waals surface area contributed by atoms with Crippen molar-refractivity contribution in [2.45, 2.75) is 13.0 Å². The average Bonchev–Trinajstić information content (AvgIpc) is 2.22. The summed E-state index contributed by atoms with van der Waals surface area (Å²) in [4.78, 5) is 19.5. The highest BCUT2D eigenvalue weighted by Gasteiger charge is 2.30. The molecule has 1 aromatic heterocycles. The van der Waals surface area contributed by atoms with Crippen molar-refractivity contribution in [3.8, 4) is 0 Å². The van der Waals surface area contributed by atoms with Crippen LogP contribution in [-0.2, 0) is 9.84 Å². The van der Waals surface area contributed by atoms with Crippen molar-refractivity contribution < 1.29 is 8.42 Å². The van der Waals surface area contributed by atoms with Gasteiger partial charge in [0.1, 0.15) is 5.02 Å². The van der Waals surface area contributed by atoms with Gasteiger partial charge in [0.25, 0.3) is 5.56 Å². The molecule has 0 saturated carbocycles. The Morgan fingerprint density at radius 2 is 2.29 bits per heavy atom. The first-order valence-corrected chi connectivity index (χ1v) is 7.31. The van der Waals surface area contributed by atoms with Crippen LogP contribution in [0.5, 0.6) is 0 Å². The van der Waals surface area contributed by atoms with Crippen LogP contribution in [0, 0.1) is 0 Å². The fraction of sp³-hybridized carbons (Fsp3) is 0.556. The lowest BCUT2D eigenvalue weighted by Gasteiger charge is -2.34. The first-order valence-electron chi connectivity index (χ1n) is 5.11. The zero-order chi connectivity index (χ0) is 12.6. The first kappa shape index (κ1) is 12.4. The molecule has 1 aromatic rings. The molecule has 1 unspecified atom stereocenters. The highest BCUT2D eigenvalue weighted by atomic mass is 35.5. The van der Waals surface area contributed by atoms with E-state index >= 15 is 0 Å². The molecule has 1 fully saturated rings. The van der Waals surface area contributed by atoms with E-state index in [1.807, 2.05) is 0 Å². The van der Waals surface area contributed by atoms with Crippen molar-refractivity contribution in [3.05, 3.63) is 21.7 Å². The third-order valence-electron chi connectivity index (χ3n) is 2.72. The van der Waals surface area contributed by atoms with Crippen molar-refractivity contribution in [2.75, 3.05) is 23.0 Å². The predicted molar refractivity (Wildman–Crippen MR) is 65.3 cm³/mol. The summed E-state index contributed by atoms with van der Waals surface area (Å²) in [5.41, 5.74) is -0.419. The minimum Gasteiger partial charge on any atom is -0.350 e. The van der Waals surface area contributed by atoms with Gasteiger partial charge in [-0.2, -0.15) is 0 Å². The predicted octanol–water partition coefficient (Wildman–Crippen LogP) is 0.0466. The van der Waals surface area contributed by atoms with Crippen LogP contribution in [0.2, 0.25) is 5.02 Å². The molecule has 0 aromatic carbocycles. The van der Waals surface area contributed by atoms with Gasteiger partial charge in [-0.15, -0.1) is 0 Å². The molecule has 2 rings (SSSR count). The van der Waals surface area contributed by atoms with E-state index in [-0.39, 0.29) is 22.6 Å². The van der Waals surface area contributed by atoms with Gasteiger partial charge in [0.05, 0.1) is 17.8 Å². The number of aromatic nitrogens is 2. The van der Waals surface area contributed by atoms with Crippen LogP contribution >= 0.6 is 11.6 Å². The van der Waals surface area contributed by atoms with Gasteiger partial charge in [0, 0.05) is 12.6 Å². The van der Waals surface area contributed by atoms with Gasteiger partial charge in [-0.3, -0.25) is 4.79 Å². The number of hydrogen-bond donors (Lipinski definition) is 1. The summed E-state index contributed by atoms with van der Waals surface area (Å²) in [6.45, 7) is 2.08. The number of H-pyrrole nitrogens is 1. The number of hydrogen-bond acceptors (Lipinski definition) is 5. The van der Waals surface area contributed by atoms with Crippen LogP contribution in [-0.4, -0.2) is 42.5 Å². The number of nitrogens with one attached hydrogen (secondary N) is 1. The Labute approximate surface area is 104 Å². The topological polar surface area (TPSA) is 83.1 Å². The molecule has 1 atom stereocenters. The van der Waals surface area contributed by atoms with Crippen molar-refractivity contribution in [1.29, 1.82) is 0 Å². The van der Waals surface area contributed by atoms with E-state index in [0.717, 1.165) is 0 Å². The quantitative estimate of drug-likeness (QED) is 0.784. The molecule has 17 heavy (non-hydrogen) atoms. The standard InChI is InChI=1S/C9H12ClN3O3S/c1-6-4-17(15,16)3-2-13(6)8-7(10)9(14)12-5-11-8/h5-6H,2-4H2,1H3,(H,11,12,14). The van der Waals surface area contributed by atoms with Gasteiger partial charge >= 0.3 is 0 Å². The number of aromatic amines is 1. The Bertz CT molecular complexity index is 583. The summed E-state index contributed by atoms with van der Waals surface area (Å²) >= 11 is 5.87. The van der Waals surface area contributed by atoms with E-state index in [2.05, 4.69) is 9.97 Å². The van der Waals surface area contributed by atoms with E-state index in [1.165, 1.54) is 6.33 Å². The third kappa shape index (κ3) is 2.44. The minimum absolute atomic E-state index is 0.00125. The summed E-state index contributed by atoms with van der Waals surface area (Å²) in [6.07, 6.45) is 1.26. The first-order chi connectivity index (χ1) is 7.91. The molecule has 8 heteroatoms. The van der Waals surface area contributed by atoms with E-state index in [1.54, 1.807) is 11.8 Å². The number of rotatable bonds is 1. The summed E-state index contributed by atoms with van der Waals surface area (Å²) in [5.74, 6) is 0.456. The summed E-state index contributed by atoms with van der Waals surface area (Å²) in [6, 6.07) is -0.236. The minimum atomic E-state index is -2.99. The molecular weight excluding hydrogens is 266 g/mol. The Kier molecular flexibility index (Phi) is 3.13. The monoisotopic (exact) mass is 277 g/mol. The lowest BCUT2D eigenvalue weighted by molar-refractivity contribution is 0.566. The molecule has 0 radical (unpaired) electrons. The maximum atomic E-state index is 11.4. The summed E-state index contributed by atoms with van der Waals surface area (Å²) in [7, 11) is -2.99. The van der Waals surface area contributed by atoms with E-state index in [4.69, 9.17) is 11.6 Å². The Morgan fingerprint density at radius 1 is 1.59 bits per heavy atom. The molecule has 1 saturated heterocycles. The van der Waals surface area contributed by atoms with E-state index < -0.39 is 15.4 Å². The molecule has 0 amide bonds. The molecule has 1 N–H and O–H groups in total. The van der Waals surface area contributed by atoms with Crippen LogP contribution in [0.3, 0.4) is 0 Å². The molecule has 0 aliphatic carbocycles. The fourth-order valence-electron chi connectivity index (χ4n) is 1.89. The highest BCUT2D eigenvalue weighted by molar-refractivity contribution is 7.91. The Hall–Kier alpha value is -1.08. The van der Waals surface area contributed by atoms with Crippen LogP contribution in [0.4, 0.5) is 5.82 Å². The molecule has 1 aliphatic heterocycles. The van der Waals surface area contributed by atoms with Crippen LogP contribution in [0.25, 0.3) is 0 Å². The average molecular weight is 278 g/mol. The van der Waals surface area contributed by atoms with Crippen molar-refractivity contribution in [3.63, 3.8) is 0 Å². The molecule has 0 spiro atoms. The second kappa shape index (κ2) is 4.30. The second-order valence-corrected chi connectivity index (χ2v) is 6.63. The van der Waals surface area contributed by atoms with E-state index in [9.17, 15) is 13.2 Å². The highest BCUT2D eigenvalue weighted by Crippen LogP contribution is 2.23. The Morgan fingerprint density at radius 3 is 2.94 bits per heavy atom. The van der Waals surface area contributed by atoms with Gasteiger partial charge in [0.2, 0.25) is 0 Å². The lowest BCUT2D eigenvalue weighted by atomic mass is 10.3. The SMILES string of the molecule is CC1CS(=O)(=O)CCN1c1nc[nH]c(=O)c1Cl. The number of sulfone groups is 1. The normalized spacial score (nSPS) is 23.6. The van der Waals surface area contributed by atoms with Gasteiger partial charge < -0.3 is 9.88 Å². The van der Waals surface area contributed by atoms with Crippen molar-refractivity contribution >= 4 is 27.3 Å². The smallest absolute Gasteiger partial charge is 0.271 e. The molecule has 1 aliphatic rings. The van der Waals surface area contributed by atoms with Crippen LogP contribution < -0.4 is 10.5 Å². The van der Waals surface area contributed by atoms with Gasteiger partial charge in [-0.05, 0) is 6.92 Å². The molecule has 2 heterocycles. The maximum absolute atomic E-state index is 11.4. The summed E-state index contributed by atoms with van der Waals surface area (Å²) in [5, 5.41) is -0.00125. The van der Waals surface area contributed by atoms with Crippen molar-refractivity contribution in [1.82, 2.24) is 9.97 Å². The lowest BCUT2D eigenvalue weighted by Crippen LogP contribution is -2.47. The zero-order valence-electron chi connectivity index (χ0n) is 9.18. The number of anilines is 1. The molecular formula is C9H12ClN3O3S. The summed E-state index contributed by atoms with van der Waals surface area (Å²) < 4.78 is 22.9. The van der Waals surface area contributed by atoms with Gasteiger partial charge in [0.15, 0.2) is 15.7 Å². The van der Waals surface area contributed by atoms with Gasteiger partial charge in [-0.1, -0.05) is 11.6 Å². The fourth-order valence-corrected chi connectivity index (χ4v) is 3.66. The van der Waals surface area contributed by atoms with Crippen molar-refractivity contribution in [2.24, 2.45) is 0 Å². The third-order valence-corrected chi connectivity index (χ3v) is 4.86. The molecule has 6 nitrogen and oxygen atoms in total. The largest absolute Gasteiger partial charge is 0.350 e. The van der Waals surface area contributed by atoms with Crippen LogP contribution in [0.15, 0.2) is 11.1 Å². The van der Waals surface area contributed by atoms with Gasteiger partial charge in [-0.25, -0.2) is 13.4 Å². The van der Waals surface area contributed by atoms with Crippen LogP contribution in [0.1, 0.15) is 6.92 Å². The van der Waals surface area contributed by atoms with E-state index in [0.29, 0.717) is 12.4 Å². The maximum Gasteiger partial charge on any atom is 0.271 e.